The van der Waals surface area contributed by atoms with Gasteiger partial charge in [0.25, 0.3) is 0 Å². The molecule has 168 valence electrons. The van der Waals surface area contributed by atoms with E-state index in [1.165, 1.54) is 6.42 Å². The van der Waals surface area contributed by atoms with Gasteiger partial charge in [-0.05, 0) is 52.0 Å². The molecule has 0 saturated heterocycles. The number of allylic oxidation sites excluding steroid dienone is 3. The quantitative estimate of drug-likeness (QED) is 0.486. The molecular weight excluding hydrogens is 372 g/mol. The van der Waals surface area contributed by atoms with Crippen molar-refractivity contribution >= 4 is 17.7 Å². The van der Waals surface area contributed by atoms with Crippen LogP contribution in [-0.2, 0) is 0 Å². The minimum Gasteiger partial charge on any atom is -0.391 e. The zero-order chi connectivity index (χ0) is 22.4. The Bertz CT molecular complexity index is 687. The van der Waals surface area contributed by atoms with Gasteiger partial charge in [-0.1, -0.05) is 33.8 Å². The lowest BCUT2D eigenvalue weighted by Gasteiger charge is -2.30. The van der Waals surface area contributed by atoms with Crippen molar-refractivity contribution in [2.24, 2.45) is 4.99 Å². The highest BCUT2D eigenvalue weighted by Gasteiger charge is 2.21. The van der Waals surface area contributed by atoms with Crippen LogP contribution in [0, 0.1) is 0 Å². The van der Waals surface area contributed by atoms with Crippen LogP contribution < -0.4 is 16.0 Å². The molecule has 0 amide bonds. The van der Waals surface area contributed by atoms with Crippen LogP contribution in [0.4, 0.5) is 5.95 Å². The van der Waals surface area contributed by atoms with Crippen LogP contribution in [0.2, 0.25) is 0 Å². The topological polar surface area (TPSA) is 74.2 Å². The first kappa shape index (κ1) is 25.7. The number of aliphatic imine (C=N–C) groups is 1. The second-order valence-corrected chi connectivity index (χ2v) is 7.68. The van der Waals surface area contributed by atoms with Gasteiger partial charge in [0.2, 0.25) is 5.95 Å². The zero-order valence-electron chi connectivity index (χ0n) is 19.9. The minimum atomic E-state index is 0.412. The van der Waals surface area contributed by atoms with Crippen LogP contribution in [0.15, 0.2) is 35.2 Å². The van der Waals surface area contributed by atoms with Gasteiger partial charge in [0, 0.05) is 55.1 Å². The van der Waals surface area contributed by atoms with Gasteiger partial charge in [0.1, 0.15) is 0 Å². The van der Waals surface area contributed by atoms with Gasteiger partial charge in [-0.15, -0.1) is 0 Å². The van der Waals surface area contributed by atoms with Crippen molar-refractivity contribution in [2.75, 3.05) is 18.9 Å². The fourth-order valence-corrected chi connectivity index (χ4v) is 3.21. The third-order valence-corrected chi connectivity index (χ3v) is 5.01. The van der Waals surface area contributed by atoms with Crippen molar-refractivity contribution in [2.45, 2.75) is 85.2 Å². The molecule has 1 aliphatic rings. The molecule has 1 aliphatic carbocycles. The lowest BCUT2D eigenvalue weighted by molar-refractivity contribution is 0.370. The summed E-state index contributed by atoms with van der Waals surface area (Å²) in [5, 5.41) is 10.2. The Balaban J connectivity index is 0.00000141. The van der Waals surface area contributed by atoms with Crippen molar-refractivity contribution in [1.82, 2.24) is 20.6 Å². The smallest absolute Gasteiger partial charge is 0.223 e. The SMILES string of the molecule is C=C(CC)NC1CCC(Nc2nccc(/C(C=NCC)=C(/C)NC)n2)CC1.CCC. The normalized spacial score (nSPS) is 19.4. The molecule has 1 aromatic rings. The van der Waals surface area contributed by atoms with E-state index in [1.807, 2.05) is 39.4 Å². The van der Waals surface area contributed by atoms with Gasteiger partial charge in [0.05, 0.1) is 5.69 Å². The summed E-state index contributed by atoms with van der Waals surface area (Å²) in [6, 6.07) is 2.89. The van der Waals surface area contributed by atoms with E-state index < -0.39 is 0 Å². The maximum absolute atomic E-state index is 4.73. The largest absolute Gasteiger partial charge is 0.391 e. The average molecular weight is 415 g/mol. The molecule has 6 nitrogen and oxygen atoms in total. The minimum absolute atomic E-state index is 0.412. The summed E-state index contributed by atoms with van der Waals surface area (Å²) in [5.41, 5.74) is 4.05. The van der Waals surface area contributed by atoms with Gasteiger partial charge >= 0.3 is 0 Å². The summed E-state index contributed by atoms with van der Waals surface area (Å²) >= 11 is 0. The molecule has 0 aliphatic heterocycles. The highest BCUT2D eigenvalue weighted by Crippen LogP contribution is 2.22. The van der Waals surface area contributed by atoms with Crippen LogP contribution in [0.25, 0.3) is 5.57 Å². The van der Waals surface area contributed by atoms with E-state index in [-0.39, 0.29) is 0 Å². The van der Waals surface area contributed by atoms with Gasteiger partial charge in [-0.25, -0.2) is 9.97 Å². The van der Waals surface area contributed by atoms with Crippen LogP contribution in [0.3, 0.4) is 0 Å². The fraction of sp³-hybridized carbons (Fsp3) is 0.625. The van der Waals surface area contributed by atoms with E-state index in [2.05, 4.69) is 53.3 Å². The van der Waals surface area contributed by atoms with E-state index in [1.54, 1.807) is 0 Å². The first-order valence-corrected chi connectivity index (χ1v) is 11.4. The fourth-order valence-electron chi connectivity index (χ4n) is 3.21. The second-order valence-electron chi connectivity index (χ2n) is 7.68. The molecule has 0 unspecified atom stereocenters. The Morgan fingerprint density at radius 2 is 1.80 bits per heavy atom. The van der Waals surface area contributed by atoms with Crippen molar-refractivity contribution in [3.05, 3.63) is 35.9 Å². The van der Waals surface area contributed by atoms with E-state index >= 15 is 0 Å². The van der Waals surface area contributed by atoms with Crippen LogP contribution >= 0.6 is 0 Å². The van der Waals surface area contributed by atoms with Crippen molar-refractivity contribution in [3.63, 3.8) is 0 Å². The molecule has 0 atom stereocenters. The second kappa shape index (κ2) is 14.6. The summed E-state index contributed by atoms with van der Waals surface area (Å²) in [4.78, 5) is 13.5. The summed E-state index contributed by atoms with van der Waals surface area (Å²) in [7, 11) is 1.91. The first-order valence-electron chi connectivity index (χ1n) is 11.4. The molecule has 1 aromatic heterocycles. The predicted octanol–water partition coefficient (Wildman–Crippen LogP) is 5.17. The van der Waals surface area contributed by atoms with Gasteiger partial charge in [-0.2, -0.15) is 0 Å². The van der Waals surface area contributed by atoms with Gasteiger partial charge in [0.15, 0.2) is 0 Å². The van der Waals surface area contributed by atoms with Crippen molar-refractivity contribution in [3.8, 4) is 0 Å². The van der Waals surface area contributed by atoms with Gasteiger partial charge < -0.3 is 16.0 Å². The molecule has 0 radical (unpaired) electrons. The zero-order valence-corrected chi connectivity index (χ0v) is 19.9. The Morgan fingerprint density at radius 1 is 1.17 bits per heavy atom. The summed E-state index contributed by atoms with van der Waals surface area (Å²) < 4.78 is 0. The van der Waals surface area contributed by atoms with E-state index in [9.17, 15) is 0 Å². The van der Waals surface area contributed by atoms with E-state index in [4.69, 9.17) is 4.98 Å². The molecule has 1 heterocycles. The maximum atomic E-state index is 4.73. The molecule has 3 N–H and O–H groups in total. The third kappa shape index (κ3) is 8.97. The highest BCUT2D eigenvalue weighted by molar-refractivity contribution is 6.10. The molecule has 1 fully saturated rings. The lowest BCUT2D eigenvalue weighted by Crippen LogP contribution is -2.36. The number of hydrogen-bond donors (Lipinski definition) is 3. The standard InChI is InChI=1S/C21H34N6.C3H8/c1-6-15(3)25-17-8-10-18(11-9-17)26-21-24-13-12-20(27-21)19(14-23-7-2)16(4)22-5;1-3-2/h12-14,17-18,22,25H,3,6-11H2,1-2,4-5H3,(H,24,26,27);3H2,1-2H3/b19-16-,23-14?;. The monoisotopic (exact) mass is 414 g/mol. The third-order valence-electron chi connectivity index (χ3n) is 5.01. The van der Waals surface area contributed by atoms with Crippen molar-refractivity contribution in [1.29, 1.82) is 0 Å². The summed E-state index contributed by atoms with van der Waals surface area (Å²) in [6.07, 6.45) is 10.4. The molecule has 6 heteroatoms. The highest BCUT2D eigenvalue weighted by atomic mass is 15.1. The van der Waals surface area contributed by atoms with Crippen LogP contribution in [0.5, 0.6) is 0 Å². The van der Waals surface area contributed by atoms with Crippen LogP contribution in [0.1, 0.15) is 78.8 Å². The maximum Gasteiger partial charge on any atom is 0.223 e. The molecule has 1 saturated carbocycles. The van der Waals surface area contributed by atoms with Gasteiger partial charge in [-0.3, -0.25) is 4.99 Å². The molecule has 30 heavy (non-hydrogen) atoms. The number of anilines is 1. The molecule has 0 aromatic carbocycles. The Labute approximate surface area is 183 Å². The number of nitrogens with zero attached hydrogens (tertiary/aromatic N) is 3. The van der Waals surface area contributed by atoms with E-state index in [0.29, 0.717) is 18.0 Å². The number of hydrogen-bond acceptors (Lipinski definition) is 6. The Kier molecular flexibility index (Phi) is 12.5. The molecular formula is C24H42N6. The number of rotatable bonds is 9. The molecule has 0 bridgehead atoms. The molecule has 0 spiro atoms. The Hall–Kier alpha value is -2.37. The number of aromatic nitrogens is 2. The Morgan fingerprint density at radius 3 is 2.37 bits per heavy atom. The molecule has 2 rings (SSSR count). The van der Waals surface area contributed by atoms with Crippen LogP contribution in [-0.4, -0.2) is 41.9 Å². The average Bonchev–Trinajstić information content (AvgIpc) is 2.76. The predicted molar refractivity (Wildman–Crippen MR) is 131 cm³/mol. The number of nitrogens with one attached hydrogen (secondary N) is 3. The summed E-state index contributed by atoms with van der Waals surface area (Å²) in [6.45, 7) is 15.2. The van der Waals surface area contributed by atoms with E-state index in [0.717, 1.165) is 61.3 Å². The van der Waals surface area contributed by atoms with Crippen molar-refractivity contribution < 1.29 is 0 Å². The lowest BCUT2D eigenvalue weighted by atomic mass is 9.91. The first-order chi connectivity index (χ1) is 14.5. The summed E-state index contributed by atoms with van der Waals surface area (Å²) in [5.74, 6) is 0.688.